The first-order chi connectivity index (χ1) is 7.20. The van der Waals surface area contributed by atoms with E-state index in [1.807, 2.05) is 12.4 Å². The van der Waals surface area contributed by atoms with Crippen LogP contribution < -0.4 is 4.90 Å². The van der Waals surface area contributed by atoms with Gasteiger partial charge < -0.3 is 4.90 Å². The van der Waals surface area contributed by atoms with Crippen LogP contribution in [0.15, 0.2) is 22.9 Å². The smallest absolute Gasteiger partial charge is 0.0592 e. The maximum atomic E-state index is 4.11. The third kappa shape index (κ3) is 2.17. The summed E-state index contributed by atoms with van der Waals surface area (Å²) in [6.45, 7) is 5.82. The highest BCUT2D eigenvalue weighted by Crippen LogP contribution is 2.32. The molecule has 1 fully saturated rings. The van der Waals surface area contributed by atoms with Gasteiger partial charge in [-0.25, -0.2) is 0 Å². The van der Waals surface area contributed by atoms with Crippen LogP contribution in [-0.4, -0.2) is 17.6 Å². The zero-order valence-corrected chi connectivity index (χ0v) is 10.9. The standard InChI is InChI=1S/C12H17BrN2/c1-9-4-3-7-15(10(9)2)12-5-6-14-8-11(12)13/h5-6,8-10H,3-4,7H2,1-2H3. The maximum Gasteiger partial charge on any atom is 0.0592 e. The van der Waals surface area contributed by atoms with Crippen molar-refractivity contribution < 1.29 is 0 Å². The van der Waals surface area contributed by atoms with E-state index in [1.54, 1.807) is 0 Å². The van der Waals surface area contributed by atoms with Gasteiger partial charge in [0.25, 0.3) is 0 Å². The zero-order chi connectivity index (χ0) is 10.8. The summed E-state index contributed by atoms with van der Waals surface area (Å²) in [5.74, 6) is 0.777. The van der Waals surface area contributed by atoms with Crippen molar-refractivity contribution in [1.82, 2.24) is 4.98 Å². The molecule has 0 radical (unpaired) electrons. The molecule has 0 spiro atoms. The molecule has 0 aliphatic carbocycles. The molecule has 1 aliphatic heterocycles. The molecule has 0 aromatic carbocycles. The molecule has 15 heavy (non-hydrogen) atoms. The van der Waals surface area contributed by atoms with E-state index in [0.29, 0.717) is 6.04 Å². The molecule has 0 bridgehead atoms. The number of nitrogens with zero attached hydrogens (tertiary/aromatic N) is 2. The van der Waals surface area contributed by atoms with Gasteiger partial charge in [-0.05, 0) is 47.7 Å². The largest absolute Gasteiger partial charge is 0.368 e. The predicted molar refractivity (Wildman–Crippen MR) is 67.1 cm³/mol. The average Bonchev–Trinajstić information content (AvgIpc) is 2.23. The van der Waals surface area contributed by atoms with E-state index in [4.69, 9.17) is 0 Å². The Balaban J connectivity index is 2.26. The first kappa shape index (κ1) is 10.9. The summed E-state index contributed by atoms with van der Waals surface area (Å²) in [6, 6.07) is 2.72. The first-order valence-electron chi connectivity index (χ1n) is 5.56. The van der Waals surface area contributed by atoms with E-state index in [-0.39, 0.29) is 0 Å². The number of piperidine rings is 1. The monoisotopic (exact) mass is 268 g/mol. The second-order valence-corrected chi connectivity index (χ2v) is 5.23. The Morgan fingerprint density at radius 1 is 1.47 bits per heavy atom. The SMILES string of the molecule is CC1CCCN(c2ccncc2Br)C1C. The van der Waals surface area contributed by atoms with Gasteiger partial charge in [-0.15, -0.1) is 0 Å². The Bertz CT molecular complexity index is 340. The molecule has 82 valence electrons. The third-order valence-electron chi connectivity index (χ3n) is 3.43. The Labute approximate surface area is 99.8 Å². The van der Waals surface area contributed by atoms with Crippen molar-refractivity contribution in [3.63, 3.8) is 0 Å². The van der Waals surface area contributed by atoms with Crippen molar-refractivity contribution in [3.05, 3.63) is 22.9 Å². The van der Waals surface area contributed by atoms with Crippen LogP contribution in [0.5, 0.6) is 0 Å². The zero-order valence-electron chi connectivity index (χ0n) is 9.28. The molecule has 1 aliphatic rings. The fraction of sp³-hybridized carbons (Fsp3) is 0.583. The van der Waals surface area contributed by atoms with E-state index in [1.165, 1.54) is 18.5 Å². The molecule has 1 aromatic heterocycles. The van der Waals surface area contributed by atoms with Crippen LogP contribution in [0.2, 0.25) is 0 Å². The minimum Gasteiger partial charge on any atom is -0.368 e. The van der Waals surface area contributed by atoms with E-state index < -0.39 is 0 Å². The molecular weight excluding hydrogens is 252 g/mol. The lowest BCUT2D eigenvalue weighted by atomic mass is 9.92. The minimum absolute atomic E-state index is 0.623. The van der Waals surface area contributed by atoms with Crippen LogP contribution in [0, 0.1) is 5.92 Å². The second kappa shape index (κ2) is 4.52. The lowest BCUT2D eigenvalue weighted by Gasteiger charge is -2.40. The summed E-state index contributed by atoms with van der Waals surface area (Å²) in [5.41, 5.74) is 1.28. The lowest BCUT2D eigenvalue weighted by Crippen LogP contribution is -2.42. The van der Waals surface area contributed by atoms with Gasteiger partial charge in [-0.3, -0.25) is 4.98 Å². The third-order valence-corrected chi connectivity index (χ3v) is 4.05. The predicted octanol–water partition coefficient (Wildman–Crippen LogP) is 3.47. The molecule has 1 saturated heterocycles. The summed E-state index contributed by atoms with van der Waals surface area (Å²) in [6.07, 6.45) is 6.38. The van der Waals surface area contributed by atoms with Crippen molar-refractivity contribution in [1.29, 1.82) is 0 Å². The second-order valence-electron chi connectivity index (χ2n) is 4.38. The first-order valence-corrected chi connectivity index (χ1v) is 6.35. The quantitative estimate of drug-likeness (QED) is 0.776. The molecule has 0 amide bonds. The van der Waals surface area contributed by atoms with Crippen LogP contribution in [0.4, 0.5) is 5.69 Å². The Morgan fingerprint density at radius 3 is 3.00 bits per heavy atom. The van der Waals surface area contributed by atoms with Crippen molar-refractivity contribution >= 4 is 21.6 Å². The molecule has 2 heterocycles. The molecule has 1 aromatic rings. The number of hydrogen-bond acceptors (Lipinski definition) is 2. The number of anilines is 1. The normalized spacial score (nSPS) is 26.7. The van der Waals surface area contributed by atoms with Crippen LogP contribution >= 0.6 is 15.9 Å². The van der Waals surface area contributed by atoms with Gasteiger partial charge in [0, 0.05) is 25.0 Å². The molecule has 2 unspecified atom stereocenters. The van der Waals surface area contributed by atoms with Gasteiger partial charge in [0.05, 0.1) is 10.2 Å². The number of halogens is 1. The number of rotatable bonds is 1. The van der Waals surface area contributed by atoms with Crippen molar-refractivity contribution in [2.75, 3.05) is 11.4 Å². The highest BCUT2D eigenvalue weighted by Gasteiger charge is 2.25. The lowest BCUT2D eigenvalue weighted by molar-refractivity contribution is 0.363. The summed E-state index contributed by atoms with van der Waals surface area (Å²) in [7, 11) is 0. The molecule has 0 N–H and O–H groups in total. The van der Waals surface area contributed by atoms with Crippen LogP contribution in [0.1, 0.15) is 26.7 Å². The molecule has 2 nitrogen and oxygen atoms in total. The highest BCUT2D eigenvalue weighted by atomic mass is 79.9. The summed E-state index contributed by atoms with van der Waals surface area (Å²) < 4.78 is 1.10. The molecule has 3 heteroatoms. The highest BCUT2D eigenvalue weighted by molar-refractivity contribution is 9.10. The van der Waals surface area contributed by atoms with Gasteiger partial charge in [0.2, 0.25) is 0 Å². The van der Waals surface area contributed by atoms with Crippen molar-refractivity contribution in [3.8, 4) is 0 Å². The molecule has 2 atom stereocenters. The fourth-order valence-electron chi connectivity index (χ4n) is 2.28. The average molecular weight is 269 g/mol. The molecule has 2 rings (SSSR count). The van der Waals surface area contributed by atoms with Crippen LogP contribution in [-0.2, 0) is 0 Å². The topological polar surface area (TPSA) is 16.1 Å². The Hall–Kier alpha value is -0.570. The van der Waals surface area contributed by atoms with Gasteiger partial charge in [0.1, 0.15) is 0 Å². The summed E-state index contributed by atoms with van der Waals surface area (Å²) in [5, 5.41) is 0. The fourth-order valence-corrected chi connectivity index (χ4v) is 2.75. The van der Waals surface area contributed by atoms with Gasteiger partial charge in [0.15, 0.2) is 0 Å². The Kier molecular flexibility index (Phi) is 3.29. The van der Waals surface area contributed by atoms with E-state index >= 15 is 0 Å². The van der Waals surface area contributed by atoms with Crippen LogP contribution in [0.3, 0.4) is 0 Å². The molecular formula is C12H17BrN2. The molecule has 0 saturated carbocycles. The number of pyridine rings is 1. The van der Waals surface area contributed by atoms with E-state index in [9.17, 15) is 0 Å². The van der Waals surface area contributed by atoms with Crippen LogP contribution in [0.25, 0.3) is 0 Å². The van der Waals surface area contributed by atoms with E-state index in [0.717, 1.165) is 16.9 Å². The Morgan fingerprint density at radius 2 is 2.27 bits per heavy atom. The minimum atomic E-state index is 0.623. The van der Waals surface area contributed by atoms with Crippen molar-refractivity contribution in [2.45, 2.75) is 32.7 Å². The summed E-state index contributed by atoms with van der Waals surface area (Å²) >= 11 is 3.58. The van der Waals surface area contributed by atoms with Gasteiger partial charge in [-0.2, -0.15) is 0 Å². The van der Waals surface area contributed by atoms with Crippen molar-refractivity contribution in [2.24, 2.45) is 5.92 Å². The van der Waals surface area contributed by atoms with Gasteiger partial charge in [-0.1, -0.05) is 6.92 Å². The maximum absolute atomic E-state index is 4.11. The van der Waals surface area contributed by atoms with E-state index in [2.05, 4.69) is 45.7 Å². The van der Waals surface area contributed by atoms with Gasteiger partial charge >= 0.3 is 0 Å². The summed E-state index contributed by atoms with van der Waals surface area (Å²) in [4.78, 5) is 6.60. The number of hydrogen-bond donors (Lipinski definition) is 0. The number of aromatic nitrogens is 1.